The molecule has 5 nitrogen and oxygen atoms in total. The van der Waals surface area contributed by atoms with Gasteiger partial charge in [0.05, 0.1) is 15.8 Å². The summed E-state index contributed by atoms with van der Waals surface area (Å²) < 4.78 is 1.29. The first-order valence-electron chi connectivity index (χ1n) is 9.35. The fourth-order valence-corrected chi connectivity index (χ4v) is 5.71. The molecule has 2 atom stereocenters. The zero-order valence-electron chi connectivity index (χ0n) is 15.5. The van der Waals surface area contributed by atoms with Crippen LogP contribution in [0.2, 0.25) is 0 Å². The number of pyridine rings is 1. The SMILES string of the molecule is Cc1cc(C)c2nc(N3CC4CN(c5ncccc5C#N)CC4C3)sc2c1. The van der Waals surface area contributed by atoms with E-state index in [9.17, 15) is 5.26 Å². The van der Waals surface area contributed by atoms with Crippen molar-refractivity contribution in [2.75, 3.05) is 36.0 Å². The molecule has 5 rings (SSSR count). The molecule has 2 aliphatic heterocycles. The van der Waals surface area contributed by atoms with Gasteiger partial charge in [-0.3, -0.25) is 0 Å². The minimum Gasteiger partial charge on any atom is -0.355 e. The van der Waals surface area contributed by atoms with Gasteiger partial charge in [0.2, 0.25) is 0 Å². The average molecular weight is 376 g/mol. The summed E-state index contributed by atoms with van der Waals surface area (Å²) in [6.45, 7) is 8.30. The van der Waals surface area contributed by atoms with Gasteiger partial charge in [-0.05, 0) is 43.2 Å². The molecule has 2 unspecified atom stereocenters. The summed E-state index contributed by atoms with van der Waals surface area (Å²) in [5, 5.41) is 10.5. The second-order valence-corrected chi connectivity index (χ2v) is 8.75. The molecule has 0 aliphatic carbocycles. The van der Waals surface area contributed by atoms with Crippen molar-refractivity contribution in [3.8, 4) is 6.07 Å². The molecule has 2 aromatic heterocycles. The van der Waals surface area contributed by atoms with E-state index < -0.39 is 0 Å². The van der Waals surface area contributed by atoms with Crippen molar-refractivity contribution < 1.29 is 0 Å². The topological polar surface area (TPSA) is 56.1 Å². The van der Waals surface area contributed by atoms with Gasteiger partial charge in [0.1, 0.15) is 11.9 Å². The van der Waals surface area contributed by atoms with E-state index in [4.69, 9.17) is 4.98 Å². The highest BCUT2D eigenvalue weighted by molar-refractivity contribution is 7.22. The van der Waals surface area contributed by atoms with Gasteiger partial charge in [-0.1, -0.05) is 17.4 Å². The smallest absolute Gasteiger partial charge is 0.186 e. The molecule has 2 saturated heterocycles. The quantitative estimate of drug-likeness (QED) is 0.683. The van der Waals surface area contributed by atoms with Crippen LogP contribution in [-0.4, -0.2) is 36.1 Å². The van der Waals surface area contributed by atoms with Crippen molar-refractivity contribution in [2.24, 2.45) is 11.8 Å². The molecule has 0 saturated carbocycles. The molecule has 27 heavy (non-hydrogen) atoms. The molecule has 2 aliphatic rings. The molecular formula is C21H21N5S. The summed E-state index contributed by atoms with van der Waals surface area (Å²) in [4.78, 5) is 14.1. The van der Waals surface area contributed by atoms with Crippen LogP contribution in [0.3, 0.4) is 0 Å². The van der Waals surface area contributed by atoms with E-state index in [0.29, 0.717) is 17.4 Å². The summed E-state index contributed by atoms with van der Waals surface area (Å²) in [5.74, 6) is 2.05. The largest absolute Gasteiger partial charge is 0.355 e. The van der Waals surface area contributed by atoms with E-state index in [1.807, 2.05) is 23.5 Å². The number of nitriles is 1. The second kappa shape index (κ2) is 6.21. The van der Waals surface area contributed by atoms with Gasteiger partial charge in [-0.25, -0.2) is 9.97 Å². The number of hydrogen-bond donors (Lipinski definition) is 0. The van der Waals surface area contributed by atoms with Crippen molar-refractivity contribution in [1.29, 1.82) is 5.26 Å². The lowest BCUT2D eigenvalue weighted by Gasteiger charge is -2.22. The molecule has 0 amide bonds. The predicted molar refractivity (Wildman–Crippen MR) is 109 cm³/mol. The Balaban J connectivity index is 1.36. The van der Waals surface area contributed by atoms with Crippen molar-refractivity contribution in [2.45, 2.75) is 13.8 Å². The van der Waals surface area contributed by atoms with Crippen molar-refractivity contribution in [3.63, 3.8) is 0 Å². The molecule has 0 bridgehead atoms. The number of aryl methyl sites for hydroxylation is 2. The Morgan fingerprint density at radius 1 is 1.11 bits per heavy atom. The van der Waals surface area contributed by atoms with Crippen LogP contribution in [-0.2, 0) is 0 Å². The molecule has 0 spiro atoms. The monoisotopic (exact) mass is 375 g/mol. The van der Waals surface area contributed by atoms with E-state index in [2.05, 4.69) is 46.8 Å². The lowest BCUT2D eigenvalue weighted by Crippen LogP contribution is -2.29. The predicted octanol–water partition coefficient (Wildman–Crippen LogP) is 3.75. The fraction of sp³-hybridized carbons (Fsp3) is 0.381. The first-order valence-corrected chi connectivity index (χ1v) is 10.2. The Morgan fingerprint density at radius 2 is 1.85 bits per heavy atom. The number of nitrogens with zero attached hydrogens (tertiary/aromatic N) is 5. The molecular weight excluding hydrogens is 354 g/mol. The molecule has 0 N–H and O–H groups in total. The molecule has 0 radical (unpaired) electrons. The number of anilines is 2. The van der Waals surface area contributed by atoms with Gasteiger partial charge in [-0.2, -0.15) is 5.26 Å². The van der Waals surface area contributed by atoms with Crippen molar-refractivity contribution in [3.05, 3.63) is 47.2 Å². The van der Waals surface area contributed by atoms with Crippen molar-refractivity contribution in [1.82, 2.24) is 9.97 Å². The van der Waals surface area contributed by atoms with Gasteiger partial charge in [0.25, 0.3) is 0 Å². The number of aromatic nitrogens is 2. The summed E-state index contributed by atoms with van der Waals surface area (Å²) in [6, 6.07) is 10.4. The minimum atomic E-state index is 0.605. The highest BCUT2D eigenvalue weighted by Crippen LogP contribution is 2.39. The van der Waals surface area contributed by atoms with Gasteiger partial charge in [0, 0.05) is 44.2 Å². The number of hydrogen-bond acceptors (Lipinski definition) is 6. The summed E-state index contributed by atoms with van der Waals surface area (Å²) in [6.07, 6.45) is 1.78. The van der Waals surface area contributed by atoms with Crippen LogP contribution in [0.15, 0.2) is 30.5 Å². The van der Waals surface area contributed by atoms with E-state index >= 15 is 0 Å². The van der Waals surface area contributed by atoms with Gasteiger partial charge < -0.3 is 9.80 Å². The lowest BCUT2D eigenvalue weighted by atomic mass is 10.0. The normalized spacial score (nSPS) is 21.7. The van der Waals surface area contributed by atoms with E-state index in [0.717, 1.165) is 42.6 Å². The number of thiazole rings is 1. The highest BCUT2D eigenvalue weighted by atomic mass is 32.1. The van der Waals surface area contributed by atoms with Crippen molar-refractivity contribution >= 4 is 32.5 Å². The zero-order valence-corrected chi connectivity index (χ0v) is 16.3. The average Bonchev–Trinajstić information content (AvgIpc) is 3.33. The Labute approximate surface area is 162 Å². The molecule has 3 aromatic rings. The molecule has 1 aromatic carbocycles. The van der Waals surface area contributed by atoms with Crippen LogP contribution >= 0.6 is 11.3 Å². The number of benzene rings is 1. The standard InChI is InChI=1S/C21H21N5S/c1-13-6-14(2)19-18(7-13)27-21(24-19)26-11-16-9-25(10-17(16)12-26)20-15(8-22)4-3-5-23-20/h3-7,16-17H,9-12H2,1-2H3. The highest BCUT2D eigenvalue weighted by Gasteiger charge is 2.41. The van der Waals surface area contributed by atoms with Crippen LogP contribution in [0.4, 0.5) is 10.9 Å². The second-order valence-electron chi connectivity index (χ2n) is 7.74. The maximum Gasteiger partial charge on any atom is 0.186 e. The lowest BCUT2D eigenvalue weighted by molar-refractivity contribution is 0.533. The van der Waals surface area contributed by atoms with Crippen LogP contribution in [0, 0.1) is 37.0 Å². The van der Waals surface area contributed by atoms with Crippen LogP contribution in [0.25, 0.3) is 10.2 Å². The summed E-state index contributed by atoms with van der Waals surface area (Å²) in [5.41, 5.74) is 4.38. The molecule has 4 heterocycles. The van der Waals surface area contributed by atoms with Gasteiger partial charge in [0.15, 0.2) is 5.13 Å². The Bertz CT molecular complexity index is 1050. The van der Waals surface area contributed by atoms with Gasteiger partial charge in [-0.15, -0.1) is 0 Å². The first-order chi connectivity index (χ1) is 13.1. The van der Waals surface area contributed by atoms with E-state index in [1.54, 1.807) is 6.20 Å². The third-order valence-corrected chi connectivity index (χ3v) is 6.85. The number of fused-ring (bicyclic) bond motifs is 2. The Hall–Kier alpha value is -2.65. The minimum absolute atomic E-state index is 0.605. The van der Waals surface area contributed by atoms with E-state index in [-0.39, 0.29) is 0 Å². The van der Waals surface area contributed by atoms with E-state index in [1.165, 1.54) is 15.8 Å². The maximum atomic E-state index is 9.35. The Kier molecular flexibility index (Phi) is 3.80. The zero-order chi connectivity index (χ0) is 18.5. The van der Waals surface area contributed by atoms with Gasteiger partial charge >= 0.3 is 0 Å². The summed E-state index contributed by atoms with van der Waals surface area (Å²) in [7, 11) is 0. The third kappa shape index (κ3) is 2.74. The fourth-order valence-electron chi connectivity index (χ4n) is 4.55. The number of rotatable bonds is 2. The molecule has 2 fully saturated rings. The van der Waals surface area contributed by atoms with Crippen LogP contribution in [0.1, 0.15) is 16.7 Å². The maximum absolute atomic E-state index is 9.35. The molecule has 136 valence electrons. The first kappa shape index (κ1) is 16.5. The van der Waals surface area contributed by atoms with Crippen LogP contribution in [0.5, 0.6) is 0 Å². The molecule has 6 heteroatoms. The Morgan fingerprint density at radius 3 is 2.59 bits per heavy atom. The third-order valence-electron chi connectivity index (χ3n) is 5.78. The van der Waals surface area contributed by atoms with Crippen LogP contribution < -0.4 is 9.80 Å². The summed E-state index contributed by atoms with van der Waals surface area (Å²) >= 11 is 1.81.